The normalized spacial score (nSPS) is 13.1. The number of alkyl halides is 6. The Kier molecular flexibility index (Phi) is 7.11. The Hall–Kier alpha value is -3.71. The Balaban J connectivity index is 1.75. The van der Waals surface area contributed by atoms with Gasteiger partial charge in [-0.05, 0) is 36.4 Å². The average Bonchev–Trinajstić information content (AvgIpc) is 3.13. The quantitative estimate of drug-likeness (QED) is 0.353. The van der Waals surface area contributed by atoms with E-state index in [0.717, 1.165) is 10.7 Å². The monoisotopic (exact) mass is 543 g/mol. The van der Waals surface area contributed by atoms with Gasteiger partial charge in [0.1, 0.15) is 0 Å². The molecule has 1 N–H and O–H groups in total. The van der Waals surface area contributed by atoms with Crippen LogP contribution in [0.15, 0.2) is 65.6 Å². The molecule has 0 saturated carbocycles. The van der Waals surface area contributed by atoms with Crippen LogP contribution in [0.1, 0.15) is 11.3 Å². The zero-order valence-electron chi connectivity index (χ0n) is 18.5. The molecule has 14 heteroatoms. The third kappa shape index (κ3) is 5.83. The molecule has 0 saturated heterocycles. The van der Waals surface area contributed by atoms with E-state index >= 15 is 0 Å². The summed E-state index contributed by atoms with van der Waals surface area (Å²) in [5, 5.41) is 14.0. The standard InChI is InChI=1S/C23H16ClF6N5O2/c24-14-7-5-13(6-8-14)20-33-35(21(37)34(20)12-18(36)23(28,29)30)11-15-9-10-31-19(32-15)16-3-1-2-4-17(16)22(25,26)27/h1-10,18,36H,11-12H2. The van der Waals surface area contributed by atoms with Crippen LogP contribution in [-0.4, -0.2) is 41.7 Å². The molecule has 1 unspecified atom stereocenters. The third-order valence-corrected chi connectivity index (χ3v) is 5.51. The summed E-state index contributed by atoms with van der Waals surface area (Å²) in [5.41, 5.74) is -1.92. The second-order valence-corrected chi connectivity index (χ2v) is 8.29. The van der Waals surface area contributed by atoms with Gasteiger partial charge in [-0.1, -0.05) is 29.8 Å². The van der Waals surface area contributed by atoms with Crippen LogP contribution in [0.2, 0.25) is 5.02 Å². The largest absolute Gasteiger partial charge is 0.417 e. The molecule has 1 atom stereocenters. The van der Waals surface area contributed by atoms with Gasteiger partial charge in [0.2, 0.25) is 0 Å². The van der Waals surface area contributed by atoms with Gasteiger partial charge in [0.15, 0.2) is 17.8 Å². The Morgan fingerprint density at radius 2 is 1.65 bits per heavy atom. The highest BCUT2D eigenvalue weighted by Crippen LogP contribution is 2.35. The van der Waals surface area contributed by atoms with Crippen molar-refractivity contribution < 1.29 is 31.4 Å². The van der Waals surface area contributed by atoms with Crippen molar-refractivity contribution in [2.45, 2.75) is 31.5 Å². The number of aliphatic hydroxyl groups excluding tert-OH is 1. The lowest BCUT2D eigenvalue weighted by molar-refractivity contribution is -0.207. The van der Waals surface area contributed by atoms with Crippen molar-refractivity contribution in [3.8, 4) is 22.8 Å². The van der Waals surface area contributed by atoms with Crippen LogP contribution in [0, 0.1) is 0 Å². The van der Waals surface area contributed by atoms with E-state index in [9.17, 15) is 36.2 Å². The highest BCUT2D eigenvalue weighted by atomic mass is 35.5. The van der Waals surface area contributed by atoms with E-state index in [4.69, 9.17) is 11.6 Å². The molecule has 0 spiro atoms. The predicted molar refractivity (Wildman–Crippen MR) is 121 cm³/mol. The first-order valence-corrected chi connectivity index (χ1v) is 10.9. The number of rotatable bonds is 6. The van der Waals surface area contributed by atoms with Gasteiger partial charge < -0.3 is 5.11 Å². The van der Waals surface area contributed by atoms with Crippen LogP contribution in [-0.2, 0) is 19.3 Å². The fraction of sp³-hybridized carbons (Fsp3) is 0.217. The summed E-state index contributed by atoms with van der Waals surface area (Å²) >= 11 is 5.86. The van der Waals surface area contributed by atoms with E-state index in [2.05, 4.69) is 15.1 Å². The summed E-state index contributed by atoms with van der Waals surface area (Å²) in [5.74, 6) is -0.440. The maximum Gasteiger partial charge on any atom is 0.417 e. The molecule has 4 aromatic rings. The second kappa shape index (κ2) is 9.98. The third-order valence-electron chi connectivity index (χ3n) is 5.26. The van der Waals surface area contributed by atoms with Crippen LogP contribution >= 0.6 is 11.6 Å². The van der Waals surface area contributed by atoms with Gasteiger partial charge in [-0.3, -0.25) is 4.57 Å². The first-order chi connectivity index (χ1) is 17.3. The predicted octanol–water partition coefficient (Wildman–Crippen LogP) is 4.81. The van der Waals surface area contributed by atoms with E-state index in [1.54, 1.807) is 0 Å². The molecule has 0 aliphatic heterocycles. The Morgan fingerprint density at radius 1 is 0.973 bits per heavy atom. The van der Waals surface area contributed by atoms with Crippen molar-refractivity contribution in [1.29, 1.82) is 0 Å². The lowest BCUT2D eigenvalue weighted by atomic mass is 10.1. The number of aliphatic hydroxyl groups is 1. The van der Waals surface area contributed by atoms with Crippen LogP contribution in [0.3, 0.4) is 0 Å². The second-order valence-electron chi connectivity index (χ2n) is 7.85. The average molecular weight is 544 g/mol. The molecule has 0 aliphatic carbocycles. The molecule has 0 aliphatic rings. The molecule has 0 fully saturated rings. The number of benzene rings is 2. The number of hydrogen-bond acceptors (Lipinski definition) is 5. The van der Waals surface area contributed by atoms with Gasteiger partial charge in [-0.25, -0.2) is 19.4 Å². The van der Waals surface area contributed by atoms with Crippen molar-refractivity contribution in [3.05, 3.63) is 87.6 Å². The van der Waals surface area contributed by atoms with Crippen molar-refractivity contribution in [2.24, 2.45) is 0 Å². The van der Waals surface area contributed by atoms with E-state index in [1.165, 1.54) is 54.7 Å². The van der Waals surface area contributed by atoms with E-state index in [1.807, 2.05) is 0 Å². The fourth-order valence-electron chi connectivity index (χ4n) is 3.49. The van der Waals surface area contributed by atoms with Crippen molar-refractivity contribution >= 4 is 11.6 Å². The van der Waals surface area contributed by atoms with Crippen LogP contribution in [0.4, 0.5) is 26.3 Å². The summed E-state index contributed by atoms with van der Waals surface area (Å²) < 4.78 is 80.8. The molecule has 2 heterocycles. The van der Waals surface area contributed by atoms with Crippen LogP contribution < -0.4 is 5.69 Å². The first kappa shape index (κ1) is 26.4. The minimum Gasteiger partial charge on any atom is -0.382 e. The topological polar surface area (TPSA) is 85.8 Å². The first-order valence-electron chi connectivity index (χ1n) is 10.5. The number of aromatic nitrogens is 5. The van der Waals surface area contributed by atoms with Crippen molar-refractivity contribution in [2.75, 3.05) is 0 Å². The molecule has 0 bridgehead atoms. The van der Waals surface area contributed by atoms with Gasteiger partial charge in [0, 0.05) is 22.3 Å². The van der Waals surface area contributed by atoms with Gasteiger partial charge in [-0.2, -0.15) is 26.3 Å². The molecule has 7 nitrogen and oxygen atoms in total. The highest BCUT2D eigenvalue weighted by molar-refractivity contribution is 6.30. The molecule has 4 rings (SSSR count). The van der Waals surface area contributed by atoms with Crippen molar-refractivity contribution in [1.82, 2.24) is 24.3 Å². The van der Waals surface area contributed by atoms with E-state index in [0.29, 0.717) is 9.59 Å². The van der Waals surface area contributed by atoms with Crippen molar-refractivity contribution in [3.63, 3.8) is 0 Å². The number of hydrogen-bond donors (Lipinski definition) is 1. The number of halogens is 7. The molecule has 2 aromatic carbocycles. The Morgan fingerprint density at radius 3 is 2.30 bits per heavy atom. The summed E-state index contributed by atoms with van der Waals surface area (Å²) in [6.45, 7) is -1.52. The molecule has 194 valence electrons. The minimum atomic E-state index is -4.99. The van der Waals surface area contributed by atoms with Gasteiger partial charge >= 0.3 is 18.0 Å². The Labute approximate surface area is 209 Å². The van der Waals surface area contributed by atoms with E-state index in [-0.39, 0.29) is 28.5 Å². The van der Waals surface area contributed by atoms with Crippen LogP contribution in [0.25, 0.3) is 22.8 Å². The Bertz CT molecular complexity index is 1460. The molecule has 0 amide bonds. The molecular formula is C23H16ClF6N5O2. The van der Waals surface area contributed by atoms with Gasteiger partial charge in [-0.15, -0.1) is 5.10 Å². The number of nitrogens with zero attached hydrogens (tertiary/aromatic N) is 5. The summed E-state index contributed by atoms with van der Waals surface area (Å²) in [6, 6.07) is 11.8. The molecule has 2 aromatic heterocycles. The lowest BCUT2D eigenvalue weighted by Gasteiger charge is -2.15. The van der Waals surface area contributed by atoms with E-state index < -0.39 is 42.8 Å². The minimum absolute atomic E-state index is 0.0766. The summed E-state index contributed by atoms with van der Waals surface area (Å²) in [4.78, 5) is 21.0. The maximum atomic E-state index is 13.4. The molecule has 0 radical (unpaired) electrons. The van der Waals surface area contributed by atoms with Gasteiger partial charge in [0.05, 0.1) is 24.3 Å². The highest BCUT2D eigenvalue weighted by Gasteiger charge is 2.39. The van der Waals surface area contributed by atoms with Gasteiger partial charge in [0.25, 0.3) is 0 Å². The van der Waals surface area contributed by atoms with Crippen LogP contribution in [0.5, 0.6) is 0 Å². The SMILES string of the molecule is O=c1n(Cc2ccnc(-c3ccccc3C(F)(F)F)n2)nc(-c2ccc(Cl)cc2)n1CC(O)C(F)(F)F. The molecular weight excluding hydrogens is 528 g/mol. The lowest BCUT2D eigenvalue weighted by Crippen LogP contribution is -2.37. The smallest absolute Gasteiger partial charge is 0.382 e. The summed E-state index contributed by atoms with van der Waals surface area (Å²) in [7, 11) is 0. The fourth-order valence-corrected chi connectivity index (χ4v) is 3.62. The maximum absolute atomic E-state index is 13.4. The zero-order chi connectivity index (χ0) is 27.0. The summed E-state index contributed by atoms with van der Waals surface area (Å²) in [6.07, 6.45) is -11.3. The molecule has 37 heavy (non-hydrogen) atoms. The zero-order valence-corrected chi connectivity index (χ0v) is 19.3.